The summed E-state index contributed by atoms with van der Waals surface area (Å²) in [6, 6.07) is 22.8. The number of benzene rings is 3. The first-order valence-corrected chi connectivity index (χ1v) is 8.10. The number of hydrogen-bond donors (Lipinski definition) is 1. The van der Waals surface area contributed by atoms with Crippen molar-refractivity contribution in [2.24, 2.45) is 5.73 Å². The first kappa shape index (κ1) is 14.0. The van der Waals surface area contributed by atoms with E-state index in [0.717, 1.165) is 18.4 Å². The Morgan fingerprint density at radius 2 is 1.48 bits per heavy atom. The molecule has 1 aliphatic carbocycles. The van der Waals surface area contributed by atoms with Gasteiger partial charge in [-0.2, -0.15) is 0 Å². The fourth-order valence-electron chi connectivity index (χ4n) is 3.97. The Morgan fingerprint density at radius 1 is 0.826 bits per heavy atom. The van der Waals surface area contributed by atoms with Crippen LogP contribution in [0.5, 0.6) is 0 Å². The van der Waals surface area contributed by atoms with Crippen molar-refractivity contribution in [3.05, 3.63) is 83.4 Å². The van der Waals surface area contributed by atoms with Crippen molar-refractivity contribution in [3.8, 4) is 0 Å². The van der Waals surface area contributed by atoms with Gasteiger partial charge in [-0.1, -0.05) is 67.1 Å². The summed E-state index contributed by atoms with van der Waals surface area (Å²) in [6.45, 7) is 0. The highest BCUT2D eigenvalue weighted by Gasteiger charge is 2.43. The highest BCUT2D eigenvalue weighted by atomic mass is 16.1. The second-order valence-electron chi connectivity index (χ2n) is 6.37. The molecule has 3 aromatic rings. The van der Waals surface area contributed by atoms with E-state index >= 15 is 0 Å². The highest BCUT2D eigenvalue weighted by Crippen LogP contribution is 2.51. The Hall–Kier alpha value is -2.61. The summed E-state index contributed by atoms with van der Waals surface area (Å²) in [5, 5.41) is 2.52. The van der Waals surface area contributed by atoms with Crippen LogP contribution in [0, 0.1) is 0 Å². The number of amides is 1. The summed E-state index contributed by atoms with van der Waals surface area (Å²) in [7, 11) is 0. The Bertz CT molecular complexity index is 888. The summed E-state index contributed by atoms with van der Waals surface area (Å²) in [5.41, 5.74) is 8.60. The van der Waals surface area contributed by atoms with E-state index in [1.807, 2.05) is 18.2 Å². The lowest BCUT2D eigenvalue weighted by Gasteiger charge is -2.44. The van der Waals surface area contributed by atoms with Gasteiger partial charge in [-0.25, -0.2) is 0 Å². The molecular formula is C21H19NO. The average molecular weight is 301 g/mol. The Kier molecular flexibility index (Phi) is 3.19. The molecule has 0 unspecified atom stereocenters. The Balaban J connectivity index is 2.00. The molecule has 4 rings (SSSR count). The fourth-order valence-corrected chi connectivity index (χ4v) is 3.97. The van der Waals surface area contributed by atoms with Gasteiger partial charge < -0.3 is 5.73 Å². The third kappa shape index (κ3) is 2.06. The summed E-state index contributed by atoms with van der Waals surface area (Å²) < 4.78 is 0. The third-order valence-corrected chi connectivity index (χ3v) is 5.22. The monoisotopic (exact) mass is 301 g/mol. The minimum Gasteiger partial charge on any atom is -0.366 e. The second-order valence-corrected chi connectivity index (χ2v) is 6.37. The summed E-state index contributed by atoms with van der Waals surface area (Å²) >= 11 is 0. The predicted octanol–water partition coefficient (Wildman–Crippen LogP) is 4.41. The molecule has 0 radical (unpaired) electrons. The fraction of sp³-hybridized carbons (Fsp3) is 0.190. The van der Waals surface area contributed by atoms with Crippen LogP contribution in [0.15, 0.2) is 66.7 Å². The van der Waals surface area contributed by atoms with E-state index in [-0.39, 0.29) is 11.3 Å². The second kappa shape index (κ2) is 5.24. The van der Waals surface area contributed by atoms with E-state index < -0.39 is 0 Å². The molecular weight excluding hydrogens is 282 g/mol. The van der Waals surface area contributed by atoms with Gasteiger partial charge in [-0.05, 0) is 40.8 Å². The van der Waals surface area contributed by atoms with Crippen molar-refractivity contribution in [1.29, 1.82) is 0 Å². The quantitative estimate of drug-likeness (QED) is 0.765. The molecule has 0 heterocycles. The molecule has 0 aromatic heterocycles. The predicted molar refractivity (Wildman–Crippen MR) is 93.5 cm³/mol. The maximum atomic E-state index is 11.9. The largest absolute Gasteiger partial charge is 0.366 e. The van der Waals surface area contributed by atoms with Crippen LogP contribution in [-0.4, -0.2) is 5.91 Å². The number of hydrogen-bond acceptors (Lipinski definition) is 1. The summed E-state index contributed by atoms with van der Waals surface area (Å²) in [6.07, 6.45) is 3.30. The molecule has 114 valence electrons. The van der Waals surface area contributed by atoms with Crippen LogP contribution in [0.2, 0.25) is 0 Å². The van der Waals surface area contributed by atoms with Crippen LogP contribution < -0.4 is 5.73 Å². The van der Waals surface area contributed by atoms with E-state index in [4.69, 9.17) is 5.73 Å². The lowest BCUT2D eigenvalue weighted by Crippen LogP contribution is -2.37. The van der Waals surface area contributed by atoms with Crippen LogP contribution >= 0.6 is 0 Å². The van der Waals surface area contributed by atoms with Crippen molar-refractivity contribution in [2.75, 3.05) is 0 Å². The first-order valence-electron chi connectivity index (χ1n) is 8.10. The van der Waals surface area contributed by atoms with Gasteiger partial charge in [0.1, 0.15) is 0 Å². The third-order valence-electron chi connectivity index (χ3n) is 5.22. The zero-order valence-corrected chi connectivity index (χ0v) is 13.0. The minimum atomic E-state index is -0.341. The van der Waals surface area contributed by atoms with Gasteiger partial charge in [0.15, 0.2) is 0 Å². The molecule has 1 saturated carbocycles. The molecule has 0 aliphatic heterocycles. The minimum absolute atomic E-state index is 0.0908. The average Bonchev–Trinajstić information content (AvgIpc) is 2.54. The summed E-state index contributed by atoms with van der Waals surface area (Å²) in [5.74, 6) is -0.341. The van der Waals surface area contributed by atoms with Crippen LogP contribution in [0.25, 0.3) is 10.8 Å². The van der Waals surface area contributed by atoms with E-state index in [1.54, 1.807) is 0 Å². The van der Waals surface area contributed by atoms with Gasteiger partial charge in [0.05, 0.1) is 0 Å². The van der Waals surface area contributed by atoms with Crippen LogP contribution in [-0.2, 0) is 5.41 Å². The SMILES string of the molecule is NC(=O)c1ccccc1C1(c2cccc3ccccc23)CCC1. The highest BCUT2D eigenvalue weighted by molar-refractivity contribution is 5.96. The van der Waals surface area contributed by atoms with Gasteiger partial charge in [0.2, 0.25) is 5.91 Å². The van der Waals surface area contributed by atoms with Gasteiger partial charge in [-0.15, -0.1) is 0 Å². The number of carbonyl (C=O) groups excluding carboxylic acids is 1. The topological polar surface area (TPSA) is 43.1 Å². The molecule has 2 heteroatoms. The standard InChI is InChI=1S/C21H19NO/c22-20(23)17-10-3-4-11-19(17)21(13-6-14-21)18-12-5-8-15-7-1-2-9-16(15)18/h1-5,7-12H,6,13-14H2,(H2,22,23). The molecule has 0 spiro atoms. The van der Waals surface area contributed by atoms with E-state index in [9.17, 15) is 4.79 Å². The van der Waals surface area contributed by atoms with E-state index in [2.05, 4.69) is 48.5 Å². The van der Waals surface area contributed by atoms with Crippen molar-refractivity contribution >= 4 is 16.7 Å². The zero-order chi connectivity index (χ0) is 15.9. The van der Waals surface area contributed by atoms with Crippen molar-refractivity contribution in [2.45, 2.75) is 24.7 Å². The number of fused-ring (bicyclic) bond motifs is 1. The van der Waals surface area contributed by atoms with Gasteiger partial charge in [-0.3, -0.25) is 4.79 Å². The molecule has 3 aromatic carbocycles. The molecule has 23 heavy (non-hydrogen) atoms. The Labute approximate surface area is 135 Å². The number of primary amides is 1. The number of carbonyl (C=O) groups is 1. The normalized spacial score (nSPS) is 16.0. The molecule has 2 N–H and O–H groups in total. The molecule has 0 bridgehead atoms. The van der Waals surface area contributed by atoms with Crippen molar-refractivity contribution < 1.29 is 4.79 Å². The van der Waals surface area contributed by atoms with Crippen LogP contribution in [0.4, 0.5) is 0 Å². The Morgan fingerprint density at radius 3 is 2.22 bits per heavy atom. The maximum Gasteiger partial charge on any atom is 0.249 e. The van der Waals surface area contributed by atoms with Crippen molar-refractivity contribution in [3.63, 3.8) is 0 Å². The lowest BCUT2D eigenvalue weighted by molar-refractivity contribution is 0.0996. The zero-order valence-electron chi connectivity index (χ0n) is 13.0. The molecule has 0 atom stereocenters. The maximum absolute atomic E-state index is 11.9. The van der Waals surface area contributed by atoms with Gasteiger partial charge in [0.25, 0.3) is 0 Å². The molecule has 1 aliphatic rings. The van der Waals surface area contributed by atoms with Gasteiger partial charge in [0, 0.05) is 11.0 Å². The van der Waals surface area contributed by atoms with Crippen LogP contribution in [0.1, 0.15) is 40.7 Å². The van der Waals surface area contributed by atoms with Crippen LogP contribution in [0.3, 0.4) is 0 Å². The number of nitrogens with two attached hydrogens (primary N) is 1. The molecule has 1 amide bonds. The van der Waals surface area contributed by atoms with E-state index in [0.29, 0.717) is 5.56 Å². The van der Waals surface area contributed by atoms with E-state index in [1.165, 1.54) is 22.8 Å². The smallest absolute Gasteiger partial charge is 0.249 e. The van der Waals surface area contributed by atoms with Gasteiger partial charge >= 0.3 is 0 Å². The number of rotatable bonds is 3. The van der Waals surface area contributed by atoms with Crippen molar-refractivity contribution in [1.82, 2.24) is 0 Å². The molecule has 0 saturated heterocycles. The lowest BCUT2D eigenvalue weighted by atomic mass is 9.59. The molecule has 2 nitrogen and oxygen atoms in total. The molecule has 1 fully saturated rings. The summed E-state index contributed by atoms with van der Waals surface area (Å²) in [4.78, 5) is 11.9. The first-order chi connectivity index (χ1) is 11.2.